The van der Waals surface area contributed by atoms with Crippen LogP contribution in [0.4, 0.5) is 13.2 Å². The fourth-order valence-electron chi connectivity index (χ4n) is 2.60. The number of benzene rings is 1. The molecule has 1 unspecified atom stereocenters. The first kappa shape index (κ1) is 18.3. The number of amides is 2. The Bertz CT molecular complexity index is 587. The Morgan fingerprint density at radius 1 is 1.25 bits per heavy atom. The summed E-state index contributed by atoms with van der Waals surface area (Å²) in [6.07, 6.45) is -4.08. The van der Waals surface area contributed by atoms with Gasteiger partial charge in [0, 0.05) is 19.5 Å². The number of halogens is 3. The summed E-state index contributed by atoms with van der Waals surface area (Å²) in [6, 6.07) is 7.23. The van der Waals surface area contributed by atoms with Crippen LogP contribution in [0.5, 0.6) is 0 Å². The maximum Gasteiger partial charge on any atom is 0.406 e. The lowest BCUT2D eigenvalue weighted by molar-refractivity contribution is -0.157. The van der Waals surface area contributed by atoms with Crippen LogP contribution in [0, 0.1) is 5.92 Å². The SMILES string of the molecule is O=C(NCCc1ccc(CO)cc1)C1CC(=O)N(CC(F)(F)F)C1. The van der Waals surface area contributed by atoms with Crippen molar-refractivity contribution >= 4 is 11.8 Å². The van der Waals surface area contributed by atoms with Gasteiger partial charge in [0.25, 0.3) is 0 Å². The van der Waals surface area contributed by atoms with Crippen LogP contribution in [-0.4, -0.2) is 47.6 Å². The Morgan fingerprint density at radius 2 is 1.88 bits per heavy atom. The molecular formula is C16H19F3N2O3. The highest BCUT2D eigenvalue weighted by atomic mass is 19.4. The number of carbonyl (C=O) groups is 2. The average molecular weight is 344 g/mol. The highest BCUT2D eigenvalue weighted by Gasteiger charge is 2.40. The van der Waals surface area contributed by atoms with E-state index in [1.807, 2.05) is 12.1 Å². The van der Waals surface area contributed by atoms with E-state index >= 15 is 0 Å². The molecule has 1 fully saturated rings. The van der Waals surface area contributed by atoms with E-state index in [2.05, 4.69) is 5.32 Å². The van der Waals surface area contributed by atoms with Crippen LogP contribution in [-0.2, 0) is 22.6 Å². The quantitative estimate of drug-likeness (QED) is 0.816. The molecule has 0 aliphatic carbocycles. The Kier molecular flexibility index (Phi) is 5.82. The van der Waals surface area contributed by atoms with E-state index in [4.69, 9.17) is 5.11 Å². The monoisotopic (exact) mass is 344 g/mol. The Morgan fingerprint density at radius 3 is 2.46 bits per heavy atom. The molecule has 0 aromatic heterocycles. The van der Waals surface area contributed by atoms with Crippen LogP contribution in [0.2, 0.25) is 0 Å². The predicted molar refractivity (Wildman–Crippen MR) is 79.8 cm³/mol. The number of hydrogen-bond acceptors (Lipinski definition) is 3. The van der Waals surface area contributed by atoms with Crippen molar-refractivity contribution in [3.05, 3.63) is 35.4 Å². The molecule has 1 heterocycles. The zero-order valence-electron chi connectivity index (χ0n) is 13.0. The van der Waals surface area contributed by atoms with E-state index in [1.165, 1.54) is 0 Å². The second-order valence-corrected chi connectivity index (χ2v) is 5.81. The normalized spacial score (nSPS) is 18.1. The molecule has 2 rings (SSSR count). The van der Waals surface area contributed by atoms with E-state index in [0.717, 1.165) is 11.1 Å². The standard InChI is InChI=1S/C16H19F3N2O3/c17-16(18,19)10-21-8-13(7-14(21)23)15(24)20-6-5-11-1-3-12(9-22)4-2-11/h1-4,13,22H,5-10H2,(H,20,24). The molecule has 132 valence electrons. The number of rotatable bonds is 6. The van der Waals surface area contributed by atoms with E-state index in [-0.39, 0.29) is 19.6 Å². The van der Waals surface area contributed by atoms with E-state index < -0.39 is 30.5 Å². The Labute approximate surface area is 137 Å². The van der Waals surface area contributed by atoms with Crippen LogP contribution < -0.4 is 5.32 Å². The van der Waals surface area contributed by atoms with Gasteiger partial charge >= 0.3 is 6.18 Å². The number of aliphatic hydroxyl groups excluding tert-OH is 1. The topological polar surface area (TPSA) is 69.6 Å². The largest absolute Gasteiger partial charge is 0.406 e. The highest BCUT2D eigenvalue weighted by Crippen LogP contribution is 2.23. The van der Waals surface area contributed by atoms with Gasteiger partial charge in [-0.05, 0) is 17.5 Å². The summed E-state index contributed by atoms with van der Waals surface area (Å²) in [5.41, 5.74) is 1.76. The molecule has 0 radical (unpaired) electrons. The van der Waals surface area contributed by atoms with Gasteiger partial charge in [-0.2, -0.15) is 13.2 Å². The van der Waals surface area contributed by atoms with Crippen molar-refractivity contribution in [2.75, 3.05) is 19.6 Å². The molecule has 1 aromatic carbocycles. The van der Waals surface area contributed by atoms with Crippen molar-refractivity contribution in [2.24, 2.45) is 5.92 Å². The van der Waals surface area contributed by atoms with Crippen molar-refractivity contribution < 1.29 is 27.9 Å². The molecule has 8 heteroatoms. The molecule has 5 nitrogen and oxygen atoms in total. The lowest BCUT2D eigenvalue weighted by Gasteiger charge is -2.18. The second kappa shape index (κ2) is 7.65. The number of nitrogens with zero attached hydrogens (tertiary/aromatic N) is 1. The maximum atomic E-state index is 12.3. The van der Waals surface area contributed by atoms with Crippen LogP contribution in [0.1, 0.15) is 17.5 Å². The van der Waals surface area contributed by atoms with Gasteiger partial charge in [0.15, 0.2) is 0 Å². The first-order chi connectivity index (χ1) is 11.3. The summed E-state index contributed by atoms with van der Waals surface area (Å²) in [6.45, 7) is -1.22. The number of nitrogens with one attached hydrogen (secondary N) is 1. The minimum atomic E-state index is -4.46. The predicted octanol–water partition coefficient (Wildman–Crippen LogP) is 1.25. The fourth-order valence-corrected chi connectivity index (χ4v) is 2.60. The second-order valence-electron chi connectivity index (χ2n) is 5.81. The number of alkyl halides is 3. The van der Waals surface area contributed by atoms with Crippen LogP contribution in [0.25, 0.3) is 0 Å². The smallest absolute Gasteiger partial charge is 0.392 e. The first-order valence-corrected chi connectivity index (χ1v) is 7.59. The molecule has 0 saturated carbocycles. The summed E-state index contributed by atoms with van der Waals surface area (Å²) >= 11 is 0. The van der Waals surface area contributed by atoms with Crippen LogP contribution >= 0.6 is 0 Å². The summed E-state index contributed by atoms with van der Waals surface area (Å²) in [5.74, 6) is -1.79. The van der Waals surface area contributed by atoms with Crippen molar-refractivity contribution in [3.63, 3.8) is 0 Å². The molecule has 2 N–H and O–H groups in total. The van der Waals surface area contributed by atoms with Gasteiger partial charge in [0.1, 0.15) is 6.54 Å². The van der Waals surface area contributed by atoms with Gasteiger partial charge in [-0.25, -0.2) is 0 Å². The fraction of sp³-hybridized carbons (Fsp3) is 0.500. The molecule has 24 heavy (non-hydrogen) atoms. The third-order valence-corrected chi connectivity index (χ3v) is 3.87. The number of hydrogen-bond donors (Lipinski definition) is 2. The lowest BCUT2D eigenvalue weighted by atomic mass is 10.1. The molecule has 0 bridgehead atoms. The number of likely N-dealkylation sites (tertiary alicyclic amines) is 1. The van der Waals surface area contributed by atoms with Gasteiger partial charge in [-0.15, -0.1) is 0 Å². The molecule has 0 spiro atoms. The zero-order valence-corrected chi connectivity index (χ0v) is 13.0. The summed E-state index contributed by atoms with van der Waals surface area (Å²) in [4.78, 5) is 24.2. The van der Waals surface area contributed by atoms with E-state index in [0.29, 0.717) is 17.9 Å². The molecule has 2 amide bonds. The third-order valence-electron chi connectivity index (χ3n) is 3.87. The maximum absolute atomic E-state index is 12.3. The Hall–Kier alpha value is -2.09. The zero-order chi connectivity index (χ0) is 17.7. The summed E-state index contributed by atoms with van der Waals surface area (Å²) in [5, 5.41) is 11.6. The minimum absolute atomic E-state index is 0.0405. The van der Waals surface area contributed by atoms with Crippen molar-refractivity contribution in [1.29, 1.82) is 0 Å². The highest BCUT2D eigenvalue weighted by molar-refractivity contribution is 5.89. The van der Waals surface area contributed by atoms with Crippen LogP contribution in [0.15, 0.2) is 24.3 Å². The van der Waals surface area contributed by atoms with Crippen molar-refractivity contribution in [3.8, 4) is 0 Å². The Balaban J connectivity index is 1.77. The molecule has 1 saturated heterocycles. The molecule has 1 aliphatic heterocycles. The van der Waals surface area contributed by atoms with E-state index in [1.54, 1.807) is 12.1 Å². The average Bonchev–Trinajstić information content (AvgIpc) is 2.87. The summed E-state index contributed by atoms with van der Waals surface area (Å²) in [7, 11) is 0. The van der Waals surface area contributed by atoms with Gasteiger partial charge in [-0.1, -0.05) is 24.3 Å². The molecular weight excluding hydrogens is 325 g/mol. The van der Waals surface area contributed by atoms with Gasteiger partial charge in [-0.3, -0.25) is 9.59 Å². The number of aliphatic hydroxyl groups is 1. The minimum Gasteiger partial charge on any atom is -0.392 e. The van der Waals surface area contributed by atoms with Crippen molar-refractivity contribution in [2.45, 2.75) is 25.6 Å². The first-order valence-electron chi connectivity index (χ1n) is 7.59. The number of carbonyl (C=O) groups excluding carboxylic acids is 2. The molecule has 1 aromatic rings. The van der Waals surface area contributed by atoms with Crippen molar-refractivity contribution in [1.82, 2.24) is 10.2 Å². The molecule has 1 aliphatic rings. The lowest BCUT2D eigenvalue weighted by Crippen LogP contribution is -2.37. The van der Waals surface area contributed by atoms with Crippen LogP contribution in [0.3, 0.4) is 0 Å². The summed E-state index contributed by atoms with van der Waals surface area (Å²) < 4.78 is 37.0. The third kappa shape index (κ3) is 5.23. The van der Waals surface area contributed by atoms with Gasteiger partial charge in [0.05, 0.1) is 12.5 Å². The van der Waals surface area contributed by atoms with Gasteiger partial charge < -0.3 is 15.3 Å². The van der Waals surface area contributed by atoms with Gasteiger partial charge in [0.2, 0.25) is 11.8 Å². The molecule has 1 atom stereocenters. The van der Waals surface area contributed by atoms with E-state index in [9.17, 15) is 22.8 Å².